The van der Waals surface area contributed by atoms with Gasteiger partial charge in [-0.15, -0.1) is 0 Å². The number of nitrogens with zero attached hydrogens (tertiary/aromatic N) is 1. The Morgan fingerprint density at radius 3 is 3.00 bits per heavy atom. The summed E-state index contributed by atoms with van der Waals surface area (Å²) in [6, 6.07) is 0. The number of aliphatic imine (C=N–C) groups is 1. The number of allylic oxidation sites excluding steroid dienone is 2. The maximum Gasteiger partial charge on any atom is 0.303 e. The lowest BCUT2D eigenvalue weighted by molar-refractivity contribution is -0.137. The quantitative estimate of drug-likeness (QED) is 0.517. The summed E-state index contributed by atoms with van der Waals surface area (Å²) in [7, 11) is 0. The van der Waals surface area contributed by atoms with E-state index < -0.39 is 5.97 Å². The summed E-state index contributed by atoms with van der Waals surface area (Å²) >= 11 is 0. The predicted molar refractivity (Wildman–Crippen MR) is 60.2 cm³/mol. The zero-order valence-corrected chi connectivity index (χ0v) is 8.85. The minimum absolute atomic E-state index is 0.0724. The summed E-state index contributed by atoms with van der Waals surface area (Å²) in [5.41, 5.74) is 0.987. The van der Waals surface area contributed by atoms with Gasteiger partial charge in [-0.25, -0.2) is 0 Å². The molecule has 0 radical (unpaired) electrons. The van der Waals surface area contributed by atoms with Crippen LogP contribution in [0.4, 0.5) is 0 Å². The normalized spacial score (nSPS) is 14.1. The molecule has 0 atom stereocenters. The molecular formula is C11H14N2O3. The van der Waals surface area contributed by atoms with Gasteiger partial charge in [0.25, 0.3) is 0 Å². The molecule has 1 amide bonds. The Morgan fingerprint density at radius 2 is 2.38 bits per heavy atom. The van der Waals surface area contributed by atoms with E-state index in [1.165, 1.54) is 6.08 Å². The number of carboxylic acids is 1. The number of hydrogen-bond donors (Lipinski definition) is 2. The molecule has 1 aliphatic heterocycles. The van der Waals surface area contributed by atoms with E-state index in [2.05, 4.69) is 10.3 Å². The summed E-state index contributed by atoms with van der Waals surface area (Å²) in [5.74, 6) is -1.06. The van der Waals surface area contributed by atoms with Crippen LogP contribution in [-0.4, -0.2) is 29.7 Å². The Kier molecular flexibility index (Phi) is 4.98. The average molecular weight is 222 g/mol. The van der Waals surface area contributed by atoms with Crippen LogP contribution in [0.15, 0.2) is 28.9 Å². The second-order valence-electron chi connectivity index (χ2n) is 3.36. The second-order valence-corrected chi connectivity index (χ2v) is 3.36. The van der Waals surface area contributed by atoms with E-state index in [0.29, 0.717) is 13.0 Å². The monoisotopic (exact) mass is 222 g/mol. The number of carbonyl (C=O) groups is 2. The fourth-order valence-corrected chi connectivity index (χ4v) is 1.16. The molecular weight excluding hydrogens is 208 g/mol. The Bertz CT molecular complexity index is 356. The molecule has 1 heterocycles. The Morgan fingerprint density at radius 1 is 1.56 bits per heavy atom. The molecule has 0 spiro atoms. The lowest BCUT2D eigenvalue weighted by Crippen LogP contribution is -2.22. The zero-order chi connectivity index (χ0) is 11.8. The number of carbonyl (C=O) groups excluding carboxylic acids is 1. The van der Waals surface area contributed by atoms with Gasteiger partial charge in [0.05, 0.1) is 0 Å². The SMILES string of the molecule is O=C(O)CCCNC(=O)/C=C/C1=CN=CC1. The van der Waals surface area contributed by atoms with Crippen LogP contribution in [0.1, 0.15) is 19.3 Å². The molecule has 1 rings (SSSR count). The van der Waals surface area contributed by atoms with Gasteiger partial charge in [0.2, 0.25) is 5.91 Å². The molecule has 0 unspecified atom stereocenters. The first kappa shape index (κ1) is 12.2. The highest BCUT2D eigenvalue weighted by Gasteiger charge is 1.99. The van der Waals surface area contributed by atoms with Crippen LogP contribution in [0.2, 0.25) is 0 Å². The van der Waals surface area contributed by atoms with Crippen LogP contribution < -0.4 is 5.32 Å². The summed E-state index contributed by atoms with van der Waals surface area (Å²) in [6.45, 7) is 0.380. The molecule has 5 heteroatoms. The van der Waals surface area contributed by atoms with Gasteiger partial charge in [-0.05, 0) is 12.0 Å². The van der Waals surface area contributed by atoms with Crippen molar-refractivity contribution in [1.29, 1.82) is 0 Å². The van der Waals surface area contributed by atoms with Crippen molar-refractivity contribution in [3.05, 3.63) is 23.9 Å². The standard InChI is InChI=1S/C11H14N2O3/c14-10(13-6-1-2-11(15)16)4-3-9-5-7-12-8-9/h3-4,7-8H,1-2,5-6H2,(H,13,14)(H,15,16)/b4-3+. The van der Waals surface area contributed by atoms with E-state index in [1.54, 1.807) is 18.5 Å². The minimum Gasteiger partial charge on any atom is -0.481 e. The summed E-state index contributed by atoms with van der Waals surface area (Å²) < 4.78 is 0. The molecule has 1 aliphatic rings. The molecule has 0 saturated heterocycles. The summed E-state index contributed by atoms with van der Waals surface area (Å²) in [6.07, 6.45) is 7.88. The second kappa shape index (κ2) is 6.55. The van der Waals surface area contributed by atoms with Crippen molar-refractivity contribution < 1.29 is 14.7 Å². The van der Waals surface area contributed by atoms with Gasteiger partial charge >= 0.3 is 5.97 Å². The van der Waals surface area contributed by atoms with Crippen LogP contribution in [-0.2, 0) is 9.59 Å². The van der Waals surface area contributed by atoms with Gasteiger partial charge in [0.15, 0.2) is 0 Å². The van der Waals surface area contributed by atoms with E-state index in [9.17, 15) is 9.59 Å². The smallest absolute Gasteiger partial charge is 0.303 e. The van der Waals surface area contributed by atoms with Crippen molar-refractivity contribution in [3.8, 4) is 0 Å². The van der Waals surface area contributed by atoms with Crippen molar-refractivity contribution in [2.24, 2.45) is 4.99 Å². The Balaban J connectivity index is 2.13. The highest BCUT2D eigenvalue weighted by molar-refractivity contribution is 5.88. The van der Waals surface area contributed by atoms with E-state index in [1.807, 2.05) is 0 Å². The van der Waals surface area contributed by atoms with Gasteiger partial charge in [0, 0.05) is 37.9 Å². The van der Waals surface area contributed by atoms with Crippen LogP contribution >= 0.6 is 0 Å². The van der Waals surface area contributed by atoms with Crippen LogP contribution in [0.25, 0.3) is 0 Å². The van der Waals surface area contributed by atoms with Crippen LogP contribution in [0.5, 0.6) is 0 Å². The molecule has 0 aromatic heterocycles. The number of rotatable bonds is 6. The molecule has 0 aromatic carbocycles. The number of amides is 1. The Hall–Kier alpha value is -1.91. The first-order valence-corrected chi connectivity index (χ1v) is 5.07. The van der Waals surface area contributed by atoms with Gasteiger partial charge in [-0.3, -0.25) is 14.6 Å². The van der Waals surface area contributed by atoms with Gasteiger partial charge in [0.1, 0.15) is 0 Å². The fourth-order valence-electron chi connectivity index (χ4n) is 1.16. The maximum absolute atomic E-state index is 11.2. The third-order valence-electron chi connectivity index (χ3n) is 1.99. The molecule has 0 fully saturated rings. The molecule has 0 saturated carbocycles. The van der Waals surface area contributed by atoms with Crippen molar-refractivity contribution in [2.45, 2.75) is 19.3 Å². The molecule has 5 nitrogen and oxygen atoms in total. The number of nitrogens with one attached hydrogen (secondary N) is 1. The summed E-state index contributed by atoms with van der Waals surface area (Å²) in [4.78, 5) is 25.3. The lowest BCUT2D eigenvalue weighted by Gasteiger charge is -1.99. The zero-order valence-electron chi connectivity index (χ0n) is 8.85. The Labute approximate surface area is 93.6 Å². The first-order chi connectivity index (χ1) is 7.68. The van der Waals surface area contributed by atoms with E-state index in [-0.39, 0.29) is 12.3 Å². The molecule has 0 bridgehead atoms. The predicted octanol–water partition coefficient (Wildman–Crippen LogP) is 0.882. The van der Waals surface area contributed by atoms with Gasteiger partial charge < -0.3 is 10.4 Å². The van der Waals surface area contributed by atoms with Gasteiger partial charge in [-0.2, -0.15) is 0 Å². The van der Waals surface area contributed by atoms with Crippen molar-refractivity contribution >= 4 is 18.1 Å². The molecule has 0 aromatic rings. The van der Waals surface area contributed by atoms with Crippen molar-refractivity contribution in [3.63, 3.8) is 0 Å². The average Bonchev–Trinajstić information content (AvgIpc) is 2.74. The topological polar surface area (TPSA) is 78.8 Å². The molecule has 86 valence electrons. The lowest BCUT2D eigenvalue weighted by atomic mass is 10.2. The van der Waals surface area contributed by atoms with Crippen LogP contribution in [0, 0.1) is 0 Å². The molecule has 2 N–H and O–H groups in total. The van der Waals surface area contributed by atoms with Crippen molar-refractivity contribution in [1.82, 2.24) is 5.32 Å². The van der Waals surface area contributed by atoms with E-state index in [4.69, 9.17) is 5.11 Å². The number of hydrogen-bond acceptors (Lipinski definition) is 3. The third kappa shape index (κ3) is 5.09. The van der Waals surface area contributed by atoms with E-state index >= 15 is 0 Å². The highest BCUT2D eigenvalue weighted by atomic mass is 16.4. The minimum atomic E-state index is -0.849. The third-order valence-corrected chi connectivity index (χ3v) is 1.99. The van der Waals surface area contributed by atoms with Crippen LogP contribution in [0.3, 0.4) is 0 Å². The van der Waals surface area contributed by atoms with Crippen molar-refractivity contribution in [2.75, 3.05) is 6.54 Å². The number of aliphatic carboxylic acids is 1. The maximum atomic E-state index is 11.2. The first-order valence-electron chi connectivity index (χ1n) is 5.07. The molecule has 16 heavy (non-hydrogen) atoms. The van der Waals surface area contributed by atoms with Gasteiger partial charge in [-0.1, -0.05) is 6.08 Å². The highest BCUT2D eigenvalue weighted by Crippen LogP contribution is 2.06. The van der Waals surface area contributed by atoms with E-state index in [0.717, 1.165) is 12.0 Å². The number of carboxylic acid groups (broad SMARTS) is 1. The summed E-state index contributed by atoms with van der Waals surface area (Å²) in [5, 5.41) is 11.0. The fraction of sp³-hybridized carbons (Fsp3) is 0.364. The largest absolute Gasteiger partial charge is 0.481 e. The molecule has 0 aliphatic carbocycles.